The number of hydrogen-bond acceptors (Lipinski definition) is 5. The number of para-hydroxylation sites is 1. The predicted molar refractivity (Wildman–Crippen MR) is 183 cm³/mol. The molecule has 0 radical (unpaired) electrons. The van der Waals surface area contributed by atoms with Crippen LogP contribution in [0.2, 0.25) is 0 Å². The molecule has 5 aromatic rings. The van der Waals surface area contributed by atoms with Gasteiger partial charge in [0.15, 0.2) is 5.54 Å². The van der Waals surface area contributed by atoms with E-state index < -0.39 is 21.5 Å². The highest BCUT2D eigenvalue weighted by Gasteiger charge is 2.60. The van der Waals surface area contributed by atoms with Crippen molar-refractivity contribution in [2.24, 2.45) is 9.50 Å². The lowest BCUT2D eigenvalue weighted by molar-refractivity contribution is 0.474. The number of hydrogen-bond donors (Lipinski definition) is 0. The van der Waals surface area contributed by atoms with E-state index >= 15 is 0 Å². The molecule has 2 aliphatic heterocycles. The third-order valence-electron chi connectivity index (χ3n) is 8.03. The fourth-order valence-corrected chi connectivity index (χ4v) is 7.12. The van der Waals surface area contributed by atoms with Crippen LogP contribution in [0.1, 0.15) is 28.2 Å². The van der Waals surface area contributed by atoms with E-state index in [1.54, 1.807) is 24.3 Å². The lowest BCUT2D eigenvalue weighted by Crippen LogP contribution is -2.51. The first-order valence-corrected chi connectivity index (χ1v) is 16.7. The molecule has 0 amide bonds. The molecule has 6 nitrogen and oxygen atoms in total. The summed E-state index contributed by atoms with van der Waals surface area (Å²) in [6, 6.07) is 44.0. The van der Waals surface area contributed by atoms with E-state index in [0.29, 0.717) is 5.76 Å². The number of rotatable bonds is 6. The van der Waals surface area contributed by atoms with Crippen LogP contribution in [0.25, 0.3) is 5.76 Å². The SMILES string of the molecule is Cc1ccc(S(=O)(=O)/N=C2\OC(c3ccccc3)=CC23C(c2ccccc2)C(c2ccc(Br)cc2)=NN3c2ccccc2)cc1. The molecule has 2 aliphatic rings. The summed E-state index contributed by atoms with van der Waals surface area (Å²) in [4.78, 5) is 0.0853. The summed E-state index contributed by atoms with van der Waals surface area (Å²) >= 11 is 3.56. The van der Waals surface area contributed by atoms with Gasteiger partial charge in [-0.05, 0) is 60.5 Å². The Morgan fingerprint density at radius 2 is 1.36 bits per heavy atom. The fraction of sp³-hybridized carbons (Fsp3) is 0.0811. The predicted octanol–water partition coefficient (Wildman–Crippen LogP) is 8.36. The fourth-order valence-electron chi connectivity index (χ4n) is 5.87. The first kappa shape index (κ1) is 29.0. The second kappa shape index (κ2) is 11.6. The molecule has 0 saturated carbocycles. The molecule has 0 aromatic heterocycles. The van der Waals surface area contributed by atoms with Crippen molar-refractivity contribution < 1.29 is 13.2 Å². The lowest BCUT2D eigenvalue weighted by atomic mass is 9.75. The van der Waals surface area contributed by atoms with Gasteiger partial charge < -0.3 is 4.74 Å². The van der Waals surface area contributed by atoms with Crippen molar-refractivity contribution in [3.63, 3.8) is 0 Å². The second-order valence-electron chi connectivity index (χ2n) is 11.0. The zero-order chi connectivity index (χ0) is 31.0. The molecule has 2 atom stereocenters. The maximum absolute atomic E-state index is 14.0. The third-order valence-corrected chi connectivity index (χ3v) is 9.83. The van der Waals surface area contributed by atoms with Crippen LogP contribution in [0.3, 0.4) is 0 Å². The van der Waals surface area contributed by atoms with Gasteiger partial charge >= 0.3 is 0 Å². The van der Waals surface area contributed by atoms with Crippen LogP contribution < -0.4 is 5.01 Å². The van der Waals surface area contributed by atoms with Gasteiger partial charge in [0.1, 0.15) is 5.76 Å². The number of sulfonamides is 1. The van der Waals surface area contributed by atoms with Crippen LogP contribution in [0, 0.1) is 6.92 Å². The van der Waals surface area contributed by atoms with Gasteiger partial charge in [-0.15, -0.1) is 4.40 Å². The number of benzene rings is 5. The normalized spacial score (nSPS) is 20.3. The number of aryl methyl sites for hydroxylation is 1. The molecule has 0 N–H and O–H groups in total. The van der Waals surface area contributed by atoms with E-state index in [-0.39, 0.29) is 10.8 Å². The first-order chi connectivity index (χ1) is 21.8. The Bertz CT molecular complexity index is 2050. The lowest BCUT2D eigenvalue weighted by Gasteiger charge is -2.36. The van der Waals surface area contributed by atoms with Crippen LogP contribution in [0.4, 0.5) is 5.69 Å². The standard InChI is InChI=1S/C37H28BrN3O3S/c1-26-17-23-32(24-18-26)45(42,43)40-36-37(25-33(44-36)27-11-5-2-6-12-27)34(28-13-7-3-8-14-28)35(29-19-21-30(38)22-20-29)39-41(37)31-15-9-4-10-16-31/h2-25,34H,1H3/b40-36-. The average Bonchev–Trinajstić information content (AvgIpc) is 3.61. The van der Waals surface area contributed by atoms with Crippen LogP contribution in [0.15, 0.2) is 164 Å². The van der Waals surface area contributed by atoms with Crippen molar-refractivity contribution in [1.29, 1.82) is 0 Å². The molecule has 8 heteroatoms. The molecule has 45 heavy (non-hydrogen) atoms. The number of halogens is 1. The molecule has 0 aliphatic carbocycles. The molecule has 2 unspecified atom stereocenters. The van der Waals surface area contributed by atoms with Gasteiger partial charge in [0.25, 0.3) is 10.0 Å². The molecule has 0 fully saturated rings. The Morgan fingerprint density at radius 3 is 2.00 bits per heavy atom. The van der Waals surface area contributed by atoms with Gasteiger partial charge in [-0.25, -0.2) is 5.01 Å². The topological polar surface area (TPSA) is 71.3 Å². The minimum Gasteiger partial charge on any atom is -0.439 e. The summed E-state index contributed by atoms with van der Waals surface area (Å²) in [6.07, 6.45) is 1.98. The number of ether oxygens (including phenoxy) is 1. The molecular formula is C37H28BrN3O3S. The van der Waals surface area contributed by atoms with Gasteiger partial charge in [-0.2, -0.15) is 13.5 Å². The Kier molecular flexibility index (Phi) is 7.47. The number of nitrogens with zero attached hydrogens (tertiary/aromatic N) is 3. The number of anilines is 1. The summed E-state index contributed by atoms with van der Waals surface area (Å²) in [5, 5.41) is 7.14. The van der Waals surface area contributed by atoms with Gasteiger partial charge in [0.2, 0.25) is 5.90 Å². The van der Waals surface area contributed by atoms with Crippen LogP contribution in [-0.4, -0.2) is 25.6 Å². The second-order valence-corrected chi connectivity index (χ2v) is 13.5. The maximum Gasteiger partial charge on any atom is 0.285 e. The van der Waals surface area contributed by atoms with E-state index in [1.165, 1.54) is 0 Å². The monoisotopic (exact) mass is 673 g/mol. The van der Waals surface area contributed by atoms with Crippen LogP contribution in [-0.2, 0) is 14.8 Å². The molecule has 7 rings (SSSR count). The molecule has 1 spiro atoms. The van der Waals surface area contributed by atoms with Crippen molar-refractivity contribution in [2.75, 3.05) is 5.01 Å². The van der Waals surface area contributed by atoms with Gasteiger partial charge in [0.05, 0.1) is 22.2 Å². The molecule has 5 aromatic carbocycles. The van der Waals surface area contributed by atoms with Gasteiger partial charge in [-0.3, -0.25) is 0 Å². The summed E-state index contributed by atoms with van der Waals surface area (Å²) in [5.41, 5.74) is 3.83. The Labute approximate surface area is 271 Å². The minimum atomic E-state index is -4.18. The van der Waals surface area contributed by atoms with E-state index in [2.05, 4.69) is 20.3 Å². The van der Waals surface area contributed by atoms with Crippen molar-refractivity contribution in [2.45, 2.75) is 23.3 Å². The van der Waals surface area contributed by atoms with E-state index in [4.69, 9.17) is 9.84 Å². The maximum atomic E-state index is 14.0. The Morgan fingerprint density at radius 1 is 0.756 bits per heavy atom. The van der Waals surface area contributed by atoms with Crippen molar-refractivity contribution in [3.05, 3.63) is 172 Å². The third kappa shape index (κ3) is 5.30. The van der Waals surface area contributed by atoms with Crippen molar-refractivity contribution >= 4 is 49.0 Å². The smallest absolute Gasteiger partial charge is 0.285 e. The van der Waals surface area contributed by atoms with Crippen LogP contribution >= 0.6 is 15.9 Å². The minimum absolute atomic E-state index is 0.0236. The highest BCUT2D eigenvalue weighted by atomic mass is 79.9. The van der Waals surface area contributed by atoms with Crippen LogP contribution in [0.5, 0.6) is 0 Å². The molecule has 0 saturated heterocycles. The van der Waals surface area contributed by atoms with Crippen molar-refractivity contribution in [3.8, 4) is 0 Å². The highest BCUT2D eigenvalue weighted by molar-refractivity contribution is 9.10. The Balaban J connectivity index is 1.54. The number of hydrazone groups is 1. The van der Waals surface area contributed by atoms with E-state index in [0.717, 1.165) is 38.1 Å². The van der Waals surface area contributed by atoms with E-state index in [1.807, 2.05) is 133 Å². The molecule has 2 heterocycles. The van der Waals surface area contributed by atoms with Gasteiger partial charge in [-0.1, -0.05) is 125 Å². The zero-order valence-corrected chi connectivity index (χ0v) is 26.7. The molecular weight excluding hydrogens is 646 g/mol. The summed E-state index contributed by atoms with van der Waals surface area (Å²) < 4.78 is 40.0. The zero-order valence-electron chi connectivity index (χ0n) is 24.3. The van der Waals surface area contributed by atoms with Gasteiger partial charge in [0, 0.05) is 10.0 Å². The average molecular weight is 675 g/mol. The van der Waals surface area contributed by atoms with Crippen molar-refractivity contribution in [1.82, 2.24) is 0 Å². The summed E-state index contributed by atoms with van der Waals surface area (Å²) in [6.45, 7) is 1.91. The van der Waals surface area contributed by atoms with E-state index in [9.17, 15) is 8.42 Å². The molecule has 222 valence electrons. The summed E-state index contributed by atoms with van der Waals surface area (Å²) in [7, 11) is -4.18. The largest absolute Gasteiger partial charge is 0.439 e. The Hall–Kier alpha value is -4.79. The molecule has 0 bridgehead atoms. The highest BCUT2D eigenvalue weighted by Crippen LogP contribution is 2.51. The summed E-state index contributed by atoms with van der Waals surface area (Å²) in [5.74, 6) is 0.0336. The first-order valence-electron chi connectivity index (χ1n) is 14.5. The quantitative estimate of drug-likeness (QED) is 0.182.